The van der Waals surface area contributed by atoms with E-state index in [-0.39, 0.29) is 44.4 Å². The van der Waals surface area contributed by atoms with Crippen molar-refractivity contribution < 1.29 is 19.2 Å². The highest BCUT2D eigenvalue weighted by Crippen LogP contribution is 2.34. The number of carbonyl (C=O) groups excluding carboxylic acids is 1. The molecule has 8 nitrogen and oxygen atoms in total. The van der Waals surface area contributed by atoms with Crippen LogP contribution in [0.3, 0.4) is 0 Å². The molecule has 0 bridgehead atoms. The first kappa shape index (κ1) is 19.0. The van der Waals surface area contributed by atoms with E-state index in [2.05, 4.69) is 4.98 Å². The zero-order chi connectivity index (χ0) is 18.7. The summed E-state index contributed by atoms with van der Waals surface area (Å²) in [4.78, 5) is 26.2. The molecule has 2 rings (SSSR count). The van der Waals surface area contributed by atoms with Gasteiger partial charge < -0.3 is 15.2 Å². The van der Waals surface area contributed by atoms with Crippen molar-refractivity contribution in [1.29, 1.82) is 0 Å². The molecule has 1 aromatic heterocycles. The topological polar surface area (TPSA) is 118 Å². The van der Waals surface area contributed by atoms with Crippen LogP contribution in [0.4, 0.5) is 11.4 Å². The molecule has 11 heteroatoms. The van der Waals surface area contributed by atoms with Crippen LogP contribution in [0.2, 0.25) is 15.2 Å². The van der Waals surface area contributed by atoms with E-state index in [1.54, 1.807) is 0 Å². The molecule has 0 atom stereocenters. The molecular weight excluding hydrogens is 397 g/mol. The smallest absolute Gasteiger partial charge is 0.358 e. The maximum Gasteiger partial charge on any atom is 0.358 e. The minimum atomic E-state index is -0.927. The predicted octanol–water partition coefficient (Wildman–Crippen LogP) is 3.90. The van der Waals surface area contributed by atoms with Crippen LogP contribution >= 0.6 is 34.8 Å². The van der Waals surface area contributed by atoms with E-state index in [1.165, 1.54) is 25.3 Å². The van der Waals surface area contributed by atoms with E-state index < -0.39 is 10.9 Å². The summed E-state index contributed by atoms with van der Waals surface area (Å²) in [7, 11) is 1.38. The van der Waals surface area contributed by atoms with Gasteiger partial charge in [0.2, 0.25) is 0 Å². The lowest BCUT2D eigenvalue weighted by atomic mass is 10.2. The number of methoxy groups -OCH3 is 1. The molecule has 25 heavy (non-hydrogen) atoms. The third-order valence-corrected chi connectivity index (χ3v) is 4.23. The Hall–Kier alpha value is -2.29. The number of esters is 1. The van der Waals surface area contributed by atoms with Crippen molar-refractivity contribution >= 4 is 52.1 Å². The number of non-ortho nitro benzene ring substituents is 1. The minimum absolute atomic E-state index is 0.0800. The highest BCUT2D eigenvalue weighted by atomic mass is 35.5. The molecule has 0 aliphatic rings. The molecule has 132 valence electrons. The number of benzene rings is 1. The second-order valence-electron chi connectivity index (χ2n) is 4.62. The Bertz CT molecular complexity index is 860. The second kappa shape index (κ2) is 7.73. The number of pyridine rings is 1. The number of ether oxygens (including phenoxy) is 2. The van der Waals surface area contributed by atoms with Gasteiger partial charge in [-0.15, -0.1) is 0 Å². The molecule has 0 fully saturated rings. The standard InChI is InChI=1S/C14H10Cl3N3O5/c1-24-8-3-2-7(20(22)23)4-6(8)5-25-14(21)12-9(15)11(18)10(16)13(17)19-12/h2-4H,5H2,1H3,(H2,18,19). The van der Waals surface area contributed by atoms with Gasteiger partial charge in [0.25, 0.3) is 5.69 Å². The number of halogens is 3. The lowest BCUT2D eigenvalue weighted by Gasteiger charge is -2.11. The van der Waals surface area contributed by atoms with Crippen LogP contribution in [0.15, 0.2) is 18.2 Å². The van der Waals surface area contributed by atoms with Crippen LogP contribution in [0.25, 0.3) is 0 Å². The number of hydrogen-bond donors (Lipinski definition) is 1. The van der Waals surface area contributed by atoms with Gasteiger partial charge in [0.15, 0.2) is 10.8 Å². The van der Waals surface area contributed by atoms with Gasteiger partial charge >= 0.3 is 5.97 Å². The van der Waals surface area contributed by atoms with E-state index in [9.17, 15) is 14.9 Å². The van der Waals surface area contributed by atoms with Crippen molar-refractivity contribution in [3.63, 3.8) is 0 Å². The van der Waals surface area contributed by atoms with Gasteiger partial charge in [0, 0.05) is 17.7 Å². The monoisotopic (exact) mass is 405 g/mol. The maximum atomic E-state index is 12.2. The number of nitrogens with zero attached hydrogens (tertiary/aromatic N) is 2. The summed E-state index contributed by atoms with van der Waals surface area (Å²) in [5.74, 6) is -0.616. The van der Waals surface area contributed by atoms with Crippen molar-refractivity contribution in [2.45, 2.75) is 6.61 Å². The first-order valence-electron chi connectivity index (χ1n) is 6.54. The number of rotatable bonds is 5. The van der Waals surface area contributed by atoms with Crippen LogP contribution in [-0.4, -0.2) is 23.0 Å². The number of aromatic nitrogens is 1. The predicted molar refractivity (Wildman–Crippen MR) is 92.4 cm³/mol. The quantitative estimate of drug-likeness (QED) is 0.346. The molecule has 0 aliphatic carbocycles. The van der Waals surface area contributed by atoms with Crippen LogP contribution in [0.5, 0.6) is 5.75 Å². The number of carbonyl (C=O) groups is 1. The van der Waals surface area contributed by atoms with Crippen molar-refractivity contribution in [1.82, 2.24) is 4.98 Å². The van der Waals surface area contributed by atoms with Crippen molar-refractivity contribution in [3.8, 4) is 5.75 Å². The Morgan fingerprint density at radius 3 is 2.60 bits per heavy atom. The van der Waals surface area contributed by atoms with Crippen molar-refractivity contribution in [2.24, 2.45) is 0 Å². The first-order valence-corrected chi connectivity index (χ1v) is 7.68. The molecule has 2 aromatic rings. The fourth-order valence-corrected chi connectivity index (χ4v) is 2.45. The number of nitrogen functional groups attached to an aromatic ring is 1. The third kappa shape index (κ3) is 4.04. The Balaban J connectivity index is 2.26. The number of nitrogens with two attached hydrogens (primary N) is 1. The molecule has 1 aromatic carbocycles. The molecule has 0 aliphatic heterocycles. The SMILES string of the molecule is COc1ccc([N+](=O)[O-])cc1COC(=O)c1nc(Cl)c(Cl)c(N)c1Cl. The summed E-state index contributed by atoms with van der Waals surface area (Å²) < 4.78 is 10.2. The molecule has 1 heterocycles. The molecule has 0 amide bonds. The van der Waals surface area contributed by atoms with E-state index in [0.29, 0.717) is 5.75 Å². The van der Waals surface area contributed by atoms with Crippen molar-refractivity contribution in [2.75, 3.05) is 12.8 Å². The largest absolute Gasteiger partial charge is 0.496 e. The van der Waals surface area contributed by atoms with E-state index in [0.717, 1.165) is 0 Å². The van der Waals surface area contributed by atoms with Gasteiger partial charge in [-0.3, -0.25) is 10.1 Å². The molecule has 0 saturated heterocycles. The number of anilines is 1. The van der Waals surface area contributed by atoms with Gasteiger partial charge in [-0.25, -0.2) is 9.78 Å². The molecule has 0 spiro atoms. The summed E-state index contributed by atoms with van der Waals surface area (Å²) in [6, 6.07) is 3.89. The highest BCUT2D eigenvalue weighted by molar-refractivity contribution is 6.46. The second-order valence-corrected chi connectivity index (χ2v) is 5.74. The highest BCUT2D eigenvalue weighted by Gasteiger charge is 2.22. The third-order valence-electron chi connectivity index (χ3n) is 3.10. The first-order chi connectivity index (χ1) is 11.8. The van der Waals surface area contributed by atoms with Gasteiger partial charge in [-0.1, -0.05) is 34.8 Å². The summed E-state index contributed by atoms with van der Waals surface area (Å²) in [6.45, 7) is -0.318. The Morgan fingerprint density at radius 1 is 1.32 bits per heavy atom. The molecule has 0 radical (unpaired) electrons. The summed E-state index contributed by atoms with van der Waals surface area (Å²) in [6.07, 6.45) is 0. The fraction of sp³-hybridized carbons (Fsp3) is 0.143. The van der Waals surface area contributed by atoms with Crippen LogP contribution in [-0.2, 0) is 11.3 Å². The van der Waals surface area contributed by atoms with E-state index in [4.69, 9.17) is 50.0 Å². The summed E-state index contributed by atoms with van der Waals surface area (Å²) in [5, 5.41) is 10.4. The molecule has 0 saturated carbocycles. The van der Waals surface area contributed by atoms with Crippen LogP contribution in [0.1, 0.15) is 16.1 Å². The molecule has 2 N–H and O–H groups in total. The molecule has 0 unspecified atom stereocenters. The Kier molecular flexibility index (Phi) is 5.89. The number of hydrogen-bond acceptors (Lipinski definition) is 7. The Morgan fingerprint density at radius 2 is 2.00 bits per heavy atom. The summed E-state index contributed by atoms with van der Waals surface area (Å²) >= 11 is 17.5. The van der Waals surface area contributed by atoms with Gasteiger partial charge in [0.05, 0.1) is 22.7 Å². The average molecular weight is 407 g/mol. The minimum Gasteiger partial charge on any atom is -0.496 e. The van der Waals surface area contributed by atoms with Gasteiger partial charge in [-0.2, -0.15) is 0 Å². The lowest BCUT2D eigenvalue weighted by molar-refractivity contribution is -0.385. The van der Waals surface area contributed by atoms with Crippen LogP contribution in [0, 0.1) is 10.1 Å². The van der Waals surface area contributed by atoms with Gasteiger partial charge in [-0.05, 0) is 6.07 Å². The number of nitro benzene ring substituents is 1. The lowest BCUT2D eigenvalue weighted by Crippen LogP contribution is -2.11. The zero-order valence-electron chi connectivity index (χ0n) is 12.6. The maximum absolute atomic E-state index is 12.2. The fourth-order valence-electron chi connectivity index (χ4n) is 1.87. The van der Waals surface area contributed by atoms with E-state index >= 15 is 0 Å². The van der Waals surface area contributed by atoms with Crippen LogP contribution < -0.4 is 10.5 Å². The average Bonchev–Trinajstić information content (AvgIpc) is 2.60. The van der Waals surface area contributed by atoms with Gasteiger partial charge in [0.1, 0.15) is 17.4 Å². The normalized spacial score (nSPS) is 10.4. The van der Waals surface area contributed by atoms with Crippen molar-refractivity contribution in [3.05, 3.63) is 54.8 Å². The molecular formula is C14H10Cl3N3O5. The summed E-state index contributed by atoms with van der Waals surface area (Å²) in [5.41, 5.74) is 5.31. The zero-order valence-corrected chi connectivity index (χ0v) is 14.9. The number of nitro groups is 1. The Labute approximate surface area is 156 Å². The van der Waals surface area contributed by atoms with E-state index in [1.807, 2.05) is 0 Å².